The molecule has 0 N–H and O–H groups in total. The van der Waals surface area contributed by atoms with E-state index in [2.05, 4.69) is 0 Å². The second kappa shape index (κ2) is 3.66. The lowest BCUT2D eigenvalue weighted by Gasteiger charge is -2.04. The third-order valence-corrected chi connectivity index (χ3v) is 1.83. The maximum Gasteiger partial charge on any atom is 0.155 e. The summed E-state index contributed by atoms with van der Waals surface area (Å²) < 4.78 is 4.91. The zero-order valence-corrected chi connectivity index (χ0v) is 7.78. The fourth-order valence-electron chi connectivity index (χ4n) is 0.851. The summed E-state index contributed by atoms with van der Waals surface area (Å²) in [6.45, 7) is 0. The van der Waals surface area contributed by atoms with E-state index in [1.165, 1.54) is 19.2 Å². The maximum atomic E-state index is 8.65. The number of nitriles is 1. The molecule has 62 valence electrons. The van der Waals surface area contributed by atoms with Crippen molar-refractivity contribution >= 4 is 23.2 Å². The Kier molecular flexibility index (Phi) is 2.80. The molecule has 0 atom stereocenters. The van der Waals surface area contributed by atoms with Crippen molar-refractivity contribution in [1.29, 1.82) is 5.26 Å². The highest BCUT2D eigenvalue weighted by Gasteiger charge is 2.08. The van der Waals surface area contributed by atoms with Crippen molar-refractivity contribution in [2.24, 2.45) is 0 Å². The predicted molar refractivity (Wildman–Crippen MR) is 47.7 cm³/mol. The molecule has 0 amide bonds. The Balaban J connectivity index is 3.36. The molecular formula is C8H5Cl2NO. The van der Waals surface area contributed by atoms with Gasteiger partial charge in [0.2, 0.25) is 0 Å². The molecule has 0 saturated heterocycles. The number of hydrogen-bond acceptors (Lipinski definition) is 2. The molecule has 12 heavy (non-hydrogen) atoms. The highest BCUT2D eigenvalue weighted by molar-refractivity contribution is 6.35. The van der Waals surface area contributed by atoms with Gasteiger partial charge in [-0.15, -0.1) is 0 Å². The largest absolute Gasteiger partial charge is 0.494 e. The quantitative estimate of drug-likeness (QED) is 0.701. The first-order chi connectivity index (χ1) is 5.69. The predicted octanol–water partition coefficient (Wildman–Crippen LogP) is 2.87. The topological polar surface area (TPSA) is 33.0 Å². The van der Waals surface area contributed by atoms with E-state index in [1.807, 2.05) is 6.07 Å². The molecule has 0 saturated carbocycles. The van der Waals surface area contributed by atoms with Crippen molar-refractivity contribution in [2.75, 3.05) is 7.11 Å². The first kappa shape index (κ1) is 9.18. The summed E-state index contributed by atoms with van der Waals surface area (Å²) in [5.74, 6) is 0.364. The molecule has 1 aromatic rings. The zero-order valence-electron chi connectivity index (χ0n) is 6.27. The highest BCUT2D eigenvalue weighted by atomic mass is 35.5. The van der Waals surface area contributed by atoms with Gasteiger partial charge in [0, 0.05) is 5.02 Å². The average Bonchev–Trinajstić information content (AvgIpc) is 2.03. The molecule has 0 unspecified atom stereocenters. The van der Waals surface area contributed by atoms with Crippen LogP contribution in [-0.2, 0) is 0 Å². The number of hydrogen-bond donors (Lipinski definition) is 0. The number of nitrogens with zero attached hydrogens (tertiary/aromatic N) is 1. The third-order valence-electron chi connectivity index (χ3n) is 1.33. The van der Waals surface area contributed by atoms with Crippen LogP contribution < -0.4 is 4.74 Å². The van der Waals surface area contributed by atoms with Gasteiger partial charge in [0.25, 0.3) is 0 Å². The van der Waals surface area contributed by atoms with Gasteiger partial charge in [0.1, 0.15) is 6.07 Å². The first-order valence-electron chi connectivity index (χ1n) is 3.12. The van der Waals surface area contributed by atoms with Crippen LogP contribution in [0.1, 0.15) is 5.56 Å². The summed E-state index contributed by atoms with van der Waals surface area (Å²) in [5, 5.41) is 9.43. The number of benzene rings is 1. The van der Waals surface area contributed by atoms with Gasteiger partial charge in [0.05, 0.1) is 17.7 Å². The van der Waals surface area contributed by atoms with Crippen LogP contribution in [0.4, 0.5) is 0 Å². The van der Waals surface area contributed by atoms with Gasteiger partial charge in [0.15, 0.2) is 5.75 Å². The minimum absolute atomic E-state index is 0.343. The number of halogens is 2. The second-order valence-electron chi connectivity index (χ2n) is 2.08. The Hall–Kier alpha value is -0.910. The van der Waals surface area contributed by atoms with Gasteiger partial charge >= 0.3 is 0 Å². The minimum Gasteiger partial charge on any atom is -0.494 e. The zero-order chi connectivity index (χ0) is 9.14. The standard InChI is InChI=1S/C8H5Cl2NO/c1-12-8-5(4-11)2-6(9)3-7(8)10/h2-3H,1H3. The van der Waals surface area contributed by atoms with Crippen molar-refractivity contribution in [3.8, 4) is 11.8 Å². The fourth-order valence-corrected chi connectivity index (χ4v) is 1.42. The normalized spacial score (nSPS) is 9.17. The van der Waals surface area contributed by atoms with E-state index in [4.69, 9.17) is 33.2 Å². The van der Waals surface area contributed by atoms with Crippen LogP contribution in [-0.4, -0.2) is 7.11 Å². The van der Waals surface area contributed by atoms with Gasteiger partial charge in [-0.25, -0.2) is 0 Å². The molecule has 0 aliphatic carbocycles. The van der Waals surface area contributed by atoms with Crippen molar-refractivity contribution in [1.82, 2.24) is 0 Å². The van der Waals surface area contributed by atoms with Crippen LogP contribution in [0, 0.1) is 11.3 Å². The van der Waals surface area contributed by atoms with Crippen molar-refractivity contribution in [2.45, 2.75) is 0 Å². The molecule has 0 heterocycles. The second-order valence-corrected chi connectivity index (χ2v) is 2.92. The van der Waals surface area contributed by atoms with E-state index in [9.17, 15) is 0 Å². The lowest BCUT2D eigenvalue weighted by molar-refractivity contribution is 0.413. The molecule has 0 aliphatic heterocycles. The van der Waals surface area contributed by atoms with Crippen molar-refractivity contribution in [3.05, 3.63) is 27.7 Å². The SMILES string of the molecule is COc1c(Cl)cc(Cl)cc1C#N. The smallest absolute Gasteiger partial charge is 0.155 e. The van der Waals surface area contributed by atoms with E-state index in [1.54, 1.807) is 0 Å². The highest BCUT2D eigenvalue weighted by Crippen LogP contribution is 2.31. The maximum absolute atomic E-state index is 8.65. The molecule has 0 radical (unpaired) electrons. The van der Waals surface area contributed by atoms with Gasteiger partial charge in [-0.05, 0) is 12.1 Å². The molecule has 0 aromatic heterocycles. The Morgan fingerprint density at radius 3 is 2.58 bits per heavy atom. The van der Waals surface area contributed by atoms with E-state index >= 15 is 0 Å². The minimum atomic E-state index is 0.343. The van der Waals surface area contributed by atoms with Crippen LogP contribution in [0.15, 0.2) is 12.1 Å². The van der Waals surface area contributed by atoms with Gasteiger partial charge in [-0.1, -0.05) is 23.2 Å². The summed E-state index contributed by atoms with van der Waals surface area (Å²) in [6, 6.07) is 4.97. The van der Waals surface area contributed by atoms with Crippen LogP contribution in [0.2, 0.25) is 10.0 Å². The summed E-state index contributed by atoms with van der Waals surface area (Å²) >= 11 is 11.4. The average molecular weight is 202 g/mol. The molecule has 2 nitrogen and oxygen atoms in total. The molecule has 0 bridgehead atoms. The Morgan fingerprint density at radius 2 is 2.08 bits per heavy atom. The first-order valence-corrected chi connectivity index (χ1v) is 3.87. The molecule has 0 spiro atoms. The van der Waals surface area contributed by atoms with Crippen LogP contribution in [0.5, 0.6) is 5.75 Å². The Bertz CT molecular complexity index is 344. The number of methoxy groups -OCH3 is 1. The van der Waals surface area contributed by atoms with Crippen LogP contribution in [0.3, 0.4) is 0 Å². The van der Waals surface area contributed by atoms with Crippen molar-refractivity contribution < 1.29 is 4.74 Å². The number of rotatable bonds is 1. The summed E-state index contributed by atoms with van der Waals surface area (Å²) in [5.41, 5.74) is 0.343. The van der Waals surface area contributed by atoms with Gasteiger partial charge < -0.3 is 4.74 Å². The monoisotopic (exact) mass is 201 g/mol. The van der Waals surface area contributed by atoms with E-state index in [-0.39, 0.29) is 0 Å². The van der Waals surface area contributed by atoms with Gasteiger partial charge in [-0.3, -0.25) is 0 Å². The molecule has 0 fully saturated rings. The van der Waals surface area contributed by atoms with Crippen LogP contribution in [0.25, 0.3) is 0 Å². The van der Waals surface area contributed by atoms with E-state index in [0.29, 0.717) is 21.4 Å². The molecule has 1 aromatic carbocycles. The summed E-state index contributed by atoms with van der Waals surface area (Å²) in [4.78, 5) is 0. The summed E-state index contributed by atoms with van der Waals surface area (Å²) in [7, 11) is 1.45. The van der Waals surface area contributed by atoms with E-state index < -0.39 is 0 Å². The molecule has 4 heteroatoms. The van der Waals surface area contributed by atoms with Gasteiger partial charge in [-0.2, -0.15) is 5.26 Å². The van der Waals surface area contributed by atoms with E-state index in [0.717, 1.165) is 0 Å². The third kappa shape index (κ3) is 1.63. The lowest BCUT2D eigenvalue weighted by Crippen LogP contribution is -1.88. The Morgan fingerprint density at radius 1 is 1.42 bits per heavy atom. The summed E-state index contributed by atoms with van der Waals surface area (Å²) in [6.07, 6.45) is 0. The van der Waals surface area contributed by atoms with Crippen molar-refractivity contribution in [3.63, 3.8) is 0 Å². The molecule has 1 rings (SSSR count). The number of ether oxygens (including phenoxy) is 1. The van der Waals surface area contributed by atoms with Crippen LogP contribution >= 0.6 is 23.2 Å². The molecule has 0 aliphatic rings. The molecular weight excluding hydrogens is 197 g/mol. The Labute approximate surface area is 80.3 Å². The lowest BCUT2D eigenvalue weighted by atomic mass is 10.2. The fraction of sp³-hybridized carbons (Fsp3) is 0.125.